The molecule has 0 aliphatic rings. The van der Waals surface area contributed by atoms with E-state index in [1.54, 1.807) is 18.3 Å². The van der Waals surface area contributed by atoms with Gasteiger partial charge in [0, 0.05) is 16.0 Å². The van der Waals surface area contributed by atoms with Crippen LogP contribution in [0.3, 0.4) is 0 Å². The third-order valence-electron chi connectivity index (χ3n) is 3.18. The zero-order chi connectivity index (χ0) is 15.7. The molecular weight excluding hydrogens is 338 g/mol. The zero-order valence-electron chi connectivity index (χ0n) is 11.6. The maximum atomic E-state index is 11.3. The minimum atomic E-state index is -0.361. The van der Waals surface area contributed by atoms with Crippen molar-refractivity contribution >= 4 is 50.8 Å². The van der Waals surface area contributed by atoms with Crippen LogP contribution in [0.4, 0.5) is 0 Å². The molecule has 1 aromatic carbocycles. The lowest BCUT2D eigenvalue weighted by Gasteiger charge is -2.08. The van der Waals surface area contributed by atoms with Gasteiger partial charge in [-0.2, -0.15) is 0 Å². The van der Waals surface area contributed by atoms with E-state index in [-0.39, 0.29) is 11.2 Å². The number of primary amides is 1. The largest absolute Gasteiger partial charge is 0.369 e. The molecule has 0 saturated heterocycles. The van der Waals surface area contributed by atoms with Crippen LogP contribution in [0.2, 0.25) is 5.02 Å². The third kappa shape index (κ3) is 2.95. The maximum Gasteiger partial charge on any atom is 0.230 e. The van der Waals surface area contributed by atoms with Gasteiger partial charge in [0.2, 0.25) is 5.91 Å². The van der Waals surface area contributed by atoms with Gasteiger partial charge in [-0.05, 0) is 24.6 Å². The Hall–Kier alpha value is -1.63. The normalized spacial score (nSPS) is 12.5. The van der Waals surface area contributed by atoms with Gasteiger partial charge < -0.3 is 5.73 Å². The summed E-state index contributed by atoms with van der Waals surface area (Å²) in [6.07, 6.45) is 1.51. The lowest BCUT2D eigenvalue weighted by Crippen LogP contribution is -2.22. The Bertz CT molecular complexity index is 832. The summed E-state index contributed by atoms with van der Waals surface area (Å²) < 4.78 is 0. The van der Waals surface area contributed by atoms with Crippen molar-refractivity contribution in [1.82, 2.24) is 9.97 Å². The number of aromatic nitrogens is 2. The van der Waals surface area contributed by atoms with E-state index >= 15 is 0 Å². The number of thiophene rings is 1. The first kappa shape index (κ1) is 15.3. The molecule has 2 N–H and O–H groups in total. The van der Waals surface area contributed by atoms with E-state index in [9.17, 15) is 4.79 Å². The molecule has 7 heteroatoms. The summed E-state index contributed by atoms with van der Waals surface area (Å²) in [7, 11) is 0. The summed E-state index contributed by atoms with van der Waals surface area (Å²) in [5.74, 6) is -0.361. The first-order chi connectivity index (χ1) is 10.6. The summed E-state index contributed by atoms with van der Waals surface area (Å²) >= 11 is 8.85. The average Bonchev–Trinajstić information content (AvgIpc) is 2.93. The number of fused-ring (bicyclic) bond motifs is 1. The zero-order valence-corrected chi connectivity index (χ0v) is 14.0. The van der Waals surface area contributed by atoms with E-state index in [1.807, 2.05) is 29.6 Å². The van der Waals surface area contributed by atoms with Gasteiger partial charge in [-0.15, -0.1) is 11.3 Å². The van der Waals surface area contributed by atoms with Gasteiger partial charge in [0.15, 0.2) is 0 Å². The predicted molar refractivity (Wildman–Crippen MR) is 92.4 cm³/mol. The third-order valence-corrected chi connectivity index (χ3v) is 5.44. The molecule has 0 aliphatic heterocycles. The number of hydrogen-bond donors (Lipinski definition) is 1. The Kier molecular flexibility index (Phi) is 4.33. The number of rotatable bonds is 4. The number of hydrogen-bond acceptors (Lipinski definition) is 5. The first-order valence-corrected chi connectivity index (χ1v) is 8.64. The number of benzene rings is 1. The van der Waals surface area contributed by atoms with E-state index in [0.29, 0.717) is 5.02 Å². The summed E-state index contributed by atoms with van der Waals surface area (Å²) in [5, 5.41) is 4.10. The van der Waals surface area contributed by atoms with Crippen LogP contribution in [0.25, 0.3) is 21.3 Å². The second-order valence-electron chi connectivity index (χ2n) is 4.68. The molecule has 0 bridgehead atoms. The molecule has 0 fully saturated rings. The molecule has 22 heavy (non-hydrogen) atoms. The highest BCUT2D eigenvalue weighted by molar-refractivity contribution is 8.00. The van der Waals surface area contributed by atoms with Gasteiger partial charge >= 0.3 is 0 Å². The Morgan fingerprint density at radius 1 is 1.32 bits per heavy atom. The standard InChI is InChI=1S/C15H12ClN3OS2/c1-8(13(17)20)22-15-12-11(6-21-14(12)18-7-19-15)9-2-4-10(16)5-3-9/h2-8H,1H3,(H2,17,20). The van der Waals surface area contributed by atoms with Crippen molar-refractivity contribution in [1.29, 1.82) is 0 Å². The second kappa shape index (κ2) is 6.24. The smallest absolute Gasteiger partial charge is 0.230 e. The summed E-state index contributed by atoms with van der Waals surface area (Å²) in [5.41, 5.74) is 7.43. The quantitative estimate of drug-likeness (QED) is 0.571. The van der Waals surface area contributed by atoms with Gasteiger partial charge in [0.05, 0.1) is 10.6 Å². The van der Waals surface area contributed by atoms with E-state index in [4.69, 9.17) is 17.3 Å². The molecule has 1 amide bonds. The Morgan fingerprint density at radius 2 is 2.05 bits per heavy atom. The van der Waals surface area contributed by atoms with Crippen molar-refractivity contribution in [2.75, 3.05) is 0 Å². The summed E-state index contributed by atoms with van der Waals surface area (Å²) in [6, 6.07) is 7.62. The van der Waals surface area contributed by atoms with Gasteiger partial charge in [0.25, 0.3) is 0 Å². The van der Waals surface area contributed by atoms with E-state index < -0.39 is 0 Å². The van der Waals surface area contributed by atoms with Crippen LogP contribution >= 0.6 is 34.7 Å². The Balaban J connectivity index is 2.12. The number of carbonyl (C=O) groups excluding carboxylic acids is 1. The molecule has 2 heterocycles. The van der Waals surface area contributed by atoms with Crippen molar-refractivity contribution in [2.45, 2.75) is 17.2 Å². The van der Waals surface area contributed by atoms with Gasteiger partial charge in [0.1, 0.15) is 16.2 Å². The van der Waals surface area contributed by atoms with Gasteiger partial charge in [-0.3, -0.25) is 4.79 Å². The van der Waals surface area contributed by atoms with Crippen LogP contribution in [0.15, 0.2) is 41.0 Å². The van der Waals surface area contributed by atoms with Crippen LogP contribution in [-0.4, -0.2) is 21.1 Å². The van der Waals surface area contributed by atoms with Crippen LogP contribution < -0.4 is 5.73 Å². The van der Waals surface area contributed by atoms with E-state index in [2.05, 4.69) is 9.97 Å². The molecule has 2 aromatic heterocycles. The lowest BCUT2D eigenvalue weighted by molar-refractivity contribution is -0.117. The lowest BCUT2D eigenvalue weighted by atomic mass is 10.1. The van der Waals surface area contributed by atoms with Crippen LogP contribution in [0.1, 0.15) is 6.92 Å². The van der Waals surface area contributed by atoms with Gasteiger partial charge in [-0.25, -0.2) is 9.97 Å². The highest BCUT2D eigenvalue weighted by Gasteiger charge is 2.18. The summed E-state index contributed by atoms with van der Waals surface area (Å²) in [6.45, 7) is 1.77. The highest BCUT2D eigenvalue weighted by atomic mass is 35.5. The van der Waals surface area contributed by atoms with Crippen molar-refractivity contribution in [3.8, 4) is 11.1 Å². The van der Waals surface area contributed by atoms with Crippen LogP contribution in [0.5, 0.6) is 0 Å². The molecule has 0 aliphatic carbocycles. The molecule has 0 radical (unpaired) electrons. The molecular formula is C15H12ClN3OS2. The number of carbonyl (C=O) groups is 1. The molecule has 0 spiro atoms. The fourth-order valence-corrected chi connectivity index (χ4v) is 3.99. The van der Waals surface area contributed by atoms with Crippen LogP contribution in [-0.2, 0) is 4.79 Å². The van der Waals surface area contributed by atoms with Gasteiger partial charge in [-0.1, -0.05) is 35.5 Å². The molecule has 4 nitrogen and oxygen atoms in total. The maximum absolute atomic E-state index is 11.3. The fourth-order valence-electron chi connectivity index (χ4n) is 2.00. The molecule has 112 valence electrons. The number of halogens is 1. The molecule has 1 unspecified atom stereocenters. The Morgan fingerprint density at radius 3 is 2.73 bits per heavy atom. The first-order valence-electron chi connectivity index (χ1n) is 6.50. The number of amides is 1. The SMILES string of the molecule is CC(Sc1ncnc2scc(-c3ccc(Cl)cc3)c12)C(N)=O. The van der Waals surface area contributed by atoms with E-state index in [1.165, 1.54) is 18.1 Å². The molecule has 0 saturated carbocycles. The topological polar surface area (TPSA) is 68.9 Å². The van der Waals surface area contributed by atoms with Crippen molar-refractivity contribution in [3.05, 3.63) is 41.0 Å². The molecule has 3 rings (SSSR count). The highest BCUT2D eigenvalue weighted by Crippen LogP contribution is 2.39. The average molecular weight is 350 g/mol. The van der Waals surface area contributed by atoms with Crippen molar-refractivity contribution < 1.29 is 4.79 Å². The Labute approximate surface area is 140 Å². The monoisotopic (exact) mass is 349 g/mol. The molecule has 1 atom stereocenters. The second-order valence-corrected chi connectivity index (χ2v) is 7.30. The number of thioether (sulfide) groups is 1. The van der Waals surface area contributed by atoms with Crippen molar-refractivity contribution in [3.63, 3.8) is 0 Å². The number of nitrogens with zero attached hydrogens (tertiary/aromatic N) is 2. The van der Waals surface area contributed by atoms with Crippen LogP contribution in [0, 0.1) is 0 Å². The van der Waals surface area contributed by atoms with E-state index in [0.717, 1.165) is 26.4 Å². The predicted octanol–water partition coefficient (Wildman–Crippen LogP) is 3.98. The molecule has 3 aromatic rings. The fraction of sp³-hybridized carbons (Fsp3) is 0.133. The van der Waals surface area contributed by atoms with Crippen molar-refractivity contribution in [2.24, 2.45) is 5.73 Å². The number of nitrogens with two attached hydrogens (primary N) is 1. The summed E-state index contributed by atoms with van der Waals surface area (Å²) in [4.78, 5) is 20.8. The minimum absolute atomic E-state index is 0.351. The minimum Gasteiger partial charge on any atom is -0.369 e.